The van der Waals surface area contributed by atoms with Crippen LogP contribution >= 0.6 is 15.9 Å². The highest BCUT2D eigenvalue weighted by atomic mass is 79.9. The summed E-state index contributed by atoms with van der Waals surface area (Å²) in [5, 5.41) is 10.8. The maximum Gasteiger partial charge on any atom is 0.330 e. The number of hydrogen-bond acceptors (Lipinski definition) is 5. The highest BCUT2D eigenvalue weighted by molar-refractivity contribution is 9.09. The number of carbonyl (C=O) groups is 1. The zero-order valence-corrected chi connectivity index (χ0v) is 14.8. The molecule has 0 unspecified atom stereocenters. The van der Waals surface area contributed by atoms with Gasteiger partial charge >= 0.3 is 5.97 Å². The molecule has 0 bridgehead atoms. The molecule has 1 aromatic rings. The van der Waals surface area contributed by atoms with Gasteiger partial charge in [-0.1, -0.05) is 46.3 Å². The molecule has 0 aromatic heterocycles. The van der Waals surface area contributed by atoms with Crippen LogP contribution in [-0.2, 0) is 25.6 Å². The molecule has 0 spiro atoms. The fourth-order valence-corrected chi connectivity index (χ4v) is 1.99. The Labute approximate surface area is 145 Å². The summed E-state index contributed by atoms with van der Waals surface area (Å²) in [6.45, 7) is 2.96. The molecular weight excluding hydrogens is 364 g/mol. The Kier molecular flexibility index (Phi) is 10.6. The highest BCUT2D eigenvalue weighted by Crippen LogP contribution is 2.07. The van der Waals surface area contributed by atoms with Gasteiger partial charge in [0.15, 0.2) is 0 Å². The molecule has 1 N–H and O–H groups in total. The number of ether oxygens (including phenoxy) is 3. The van der Waals surface area contributed by atoms with E-state index in [9.17, 15) is 9.90 Å². The van der Waals surface area contributed by atoms with Crippen molar-refractivity contribution in [3.63, 3.8) is 0 Å². The van der Waals surface area contributed by atoms with Gasteiger partial charge in [0.05, 0.1) is 26.4 Å². The molecular formula is C17H23BrO5. The van der Waals surface area contributed by atoms with Crippen molar-refractivity contribution in [1.82, 2.24) is 0 Å². The van der Waals surface area contributed by atoms with Crippen LogP contribution in [0.3, 0.4) is 0 Å². The van der Waals surface area contributed by atoms with Gasteiger partial charge in [0.1, 0.15) is 12.2 Å². The normalized spacial score (nSPS) is 13.9. The van der Waals surface area contributed by atoms with Crippen LogP contribution < -0.4 is 0 Å². The van der Waals surface area contributed by atoms with Gasteiger partial charge in [0, 0.05) is 11.4 Å². The average molecular weight is 387 g/mol. The first-order chi connectivity index (χ1) is 11.2. The maximum absolute atomic E-state index is 11.4. The molecule has 0 amide bonds. The lowest BCUT2D eigenvalue weighted by Crippen LogP contribution is -2.32. The molecule has 1 aromatic carbocycles. The zero-order chi connectivity index (χ0) is 16.9. The summed E-state index contributed by atoms with van der Waals surface area (Å²) in [5.74, 6) is -0.461. The van der Waals surface area contributed by atoms with Crippen molar-refractivity contribution < 1.29 is 24.1 Å². The third kappa shape index (κ3) is 8.86. The molecule has 23 heavy (non-hydrogen) atoms. The molecule has 1 rings (SSSR count). The number of carbonyl (C=O) groups excluding carboxylic acids is 1. The number of halogens is 1. The van der Waals surface area contributed by atoms with Gasteiger partial charge in [0.2, 0.25) is 0 Å². The van der Waals surface area contributed by atoms with E-state index in [1.165, 1.54) is 12.2 Å². The van der Waals surface area contributed by atoms with Crippen molar-refractivity contribution in [1.29, 1.82) is 0 Å². The molecule has 0 saturated carbocycles. The predicted octanol–water partition coefficient (Wildman–Crippen LogP) is 2.46. The number of aliphatic hydroxyl groups excluding tert-OH is 1. The second kappa shape index (κ2) is 12.2. The van der Waals surface area contributed by atoms with Crippen molar-refractivity contribution in [2.75, 3.05) is 25.2 Å². The van der Waals surface area contributed by atoms with E-state index in [-0.39, 0.29) is 6.61 Å². The van der Waals surface area contributed by atoms with Crippen molar-refractivity contribution in [3.8, 4) is 0 Å². The third-order valence-electron chi connectivity index (χ3n) is 2.88. The molecule has 2 atom stereocenters. The van der Waals surface area contributed by atoms with Gasteiger partial charge in [-0.3, -0.25) is 0 Å². The quantitative estimate of drug-likeness (QED) is 0.359. The molecule has 0 saturated heterocycles. The minimum absolute atomic E-state index is 0.106. The Bertz CT molecular complexity index is 463. The number of aliphatic hydroxyl groups is 1. The van der Waals surface area contributed by atoms with E-state index in [2.05, 4.69) is 15.9 Å². The number of rotatable bonds is 11. The molecule has 5 nitrogen and oxygen atoms in total. The van der Waals surface area contributed by atoms with Crippen LogP contribution in [0.25, 0.3) is 0 Å². The van der Waals surface area contributed by atoms with Gasteiger partial charge in [0.25, 0.3) is 0 Å². The molecule has 0 aliphatic rings. The third-order valence-corrected chi connectivity index (χ3v) is 3.20. The first kappa shape index (κ1) is 19.8. The summed E-state index contributed by atoms with van der Waals surface area (Å²) in [4.78, 5) is 11.4. The number of benzene rings is 1. The topological polar surface area (TPSA) is 65.0 Å². The van der Waals surface area contributed by atoms with Crippen LogP contribution in [0.15, 0.2) is 42.5 Å². The Morgan fingerprint density at radius 2 is 2.09 bits per heavy atom. The SMILES string of the molecule is CCOC(=O)/C=C/[C@@H](OCCBr)[C@H](O)COCc1ccccc1. The van der Waals surface area contributed by atoms with E-state index in [1.54, 1.807) is 6.92 Å². The summed E-state index contributed by atoms with van der Waals surface area (Å²) >= 11 is 3.26. The van der Waals surface area contributed by atoms with Crippen LogP contribution in [0.2, 0.25) is 0 Å². The van der Waals surface area contributed by atoms with Crippen LogP contribution in [0, 0.1) is 0 Å². The number of esters is 1. The highest BCUT2D eigenvalue weighted by Gasteiger charge is 2.18. The summed E-state index contributed by atoms with van der Waals surface area (Å²) in [6, 6.07) is 9.69. The summed E-state index contributed by atoms with van der Waals surface area (Å²) in [6.07, 6.45) is 1.26. The molecule has 0 heterocycles. The van der Waals surface area contributed by atoms with Gasteiger partial charge in [-0.05, 0) is 18.6 Å². The standard InChI is InChI=1S/C17H23BrO5/c1-2-22-17(20)9-8-16(23-11-10-18)15(19)13-21-12-14-6-4-3-5-7-14/h3-9,15-16,19H,2,10-13H2,1H3/b9-8+/t15-,16-/m1/s1. The second-order valence-electron chi connectivity index (χ2n) is 4.70. The van der Waals surface area contributed by atoms with Gasteiger partial charge in [-0.15, -0.1) is 0 Å². The summed E-state index contributed by atoms with van der Waals surface area (Å²) in [5.41, 5.74) is 1.03. The molecule has 0 aliphatic carbocycles. The van der Waals surface area contributed by atoms with Crippen LogP contribution in [0.5, 0.6) is 0 Å². The molecule has 0 radical (unpaired) electrons. The van der Waals surface area contributed by atoms with Gasteiger partial charge in [-0.25, -0.2) is 4.79 Å². The Morgan fingerprint density at radius 3 is 2.74 bits per heavy atom. The van der Waals surface area contributed by atoms with Crippen molar-refractivity contribution in [2.45, 2.75) is 25.7 Å². The van der Waals surface area contributed by atoms with Gasteiger partial charge < -0.3 is 19.3 Å². The largest absolute Gasteiger partial charge is 0.463 e. The number of alkyl halides is 1. The fourth-order valence-electron chi connectivity index (χ4n) is 1.81. The Hall–Kier alpha value is -1.21. The fraction of sp³-hybridized carbons (Fsp3) is 0.471. The van der Waals surface area contributed by atoms with Crippen molar-refractivity contribution in [2.24, 2.45) is 0 Å². The number of hydrogen-bond donors (Lipinski definition) is 1. The first-order valence-corrected chi connectivity index (χ1v) is 8.61. The van der Waals surface area contributed by atoms with E-state index < -0.39 is 18.2 Å². The minimum Gasteiger partial charge on any atom is -0.463 e. The average Bonchev–Trinajstić information content (AvgIpc) is 2.56. The van der Waals surface area contributed by atoms with Crippen molar-refractivity contribution >= 4 is 21.9 Å². The van der Waals surface area contributed by atoms with Crippen LogP contribution in [0.4, 0.5) is 0 Å². The minimum atomic E-state index is -0.872. The van der Waals surface area contributed by atoms with Crippen molar-refractivity contribution in [3.05, 3.63) is 48.0 Å². The lowest BCUT2D eigenvalue weighted by Gasteiger charge is -2.20. The van der Waals surface area contributed by atoms with E-state index in [4.69, 9.17) is 14.2 Å². The van der Waals surface area contributed by atoms with E-state index in [0.717, 1.165) is 5.56 Å². The molecule has 0 fully saturated rings. The van der Waals surface area contributed by atoms with Crippen LogP contribution in [0.1, 0.15) is 12.5 Å². The smallest absolute Gasteiger partial charge is 0.330 e. The van der Waals surface area contributed by atoms with Crippen LogP contribution in [-0.4, -0.2) is 48.4 Å². The molecule has 0 aliphatic heterocycles. The molecule has 6 heteroatoms. The lowest BCUT2D eigenvalue weighted by molar-refractivity contribution is -0.137. The first-order valence-electron chi connectivity index (χ1n) is 7.49. The lowest BCUT2D eigenvalue weighted by atomic mass is 10.2. The Morgan fingerprint density at radius 1 is 1.35 bits per heavy atom. The predicted molar refractivity (Wildman–Crippen MR) is 91.4 cm³/mol. The summed E-state index contributed by atoms with van der Waals surface area (Å²) in [7, 11) is 0. The maximum atomic E-state index is 11.4. The molecule has 128 valence electrons. The zero-order valence-electron chi connectivity index (χ0n) is 13.2. The Balaban J connectivity index is 2.46. The second-order valence-corrected chi connectivity index (χ2v) is 5.50. The summed E-state index contributed by atoms with van der Waals surface area (Å²) < 4.78 is 15.8. The van der Waals surface area contributed by atoms with E-state index in [0.29, 0.717) is 25.2 Å². The monoisotopic (exact) mass is 386 g/mol. The van der Waals surface area contributed by atoms with E-state index in [1.807, 2.05) is 30.3 Å². The van der Waals surface area contributed by atoms with E-state index >= 15 is 0 Å². The van der Waals surface area contributed by atoms with Gasteiger partial charge in [-0.2, -0.15) is 0 Å².